The van der Waals surface area contributed by atoms with Gasteiger partial charge in [0.15, 0.2) is 0 Å². The molecular weight excluding hydrogens is 230 g/mol. The average molecular weight is 251 g/mol. The number of aryl methyl sites for hydroxylation is 1. The number of hydrogen-bond acceptors (Lipinski definition) is 4. The molecule has 0 aliphatic heterocycles. The maximum atomic E-state index is 11.5. The largest absolute Gasteiger partial charge is 0.468 e. The lowest BCUT2D eigenvalue weighted by Crippen LogP contribution is -2.40. The lowest BCUT2D eigenvalue weighted by atomic mass is 10.2. The van der Waals surface area contributed by atoms with Crippen LogP contribution in [0.25, 0.3) is 0 Å². The summed E-state index contributed by atoms with van der Waals surface area (Å²) in [5.74, 6) is 0.373. The second kappa shape index (κ2) is 6.54. The Morgan fingerprint density at radius 2 is 2.39 bits per heavy atom. The number of esters is 1. The van der Waals surface area contributed by atoms with E-state index in [1.807, 2.05) is 12.5 Å². The molecule has 1 aromatic rings. The van der Waals surface area contributed by atoms with Crippen LogP contribution in [0.5, 0.6) is 0 Å². The number of nitrogens with zero attached hydrogens (tertiary/aromatic N) is 2. The number of carbonyl (C=O) groups is 1. The van der Waals surface area contributed by atoms with Crippen LogP contribution in [0.15, 0.2) is 18.7 Å². The third-order valence-corrected chi connectivity index (χ3v) is 3.32. The lowest BCUT2D eigenvalue weighted by molar-refractivity contribution is -0.143. The zero-order valence-corrected chi connectivity index (χ0v) is 10.8. The molecule has 1 fully saturated rings. The molecular formula is C13H21N3O2. The summed E-state index contributed by atoms with van der Waals surface area (Å²) in [5.41, 5.74) is 0. The summed E-state index contributed by atoms with van der Waals surface area (Å²) >= 11 is 0. The third-order valence-electron chi connectivity index (χ3n) is 3.32. The number of hydrogen-bond donors (Lipinski definition) is 1. The van der Waals surface area contributed by atoms with Gasteiger partial charge in [-0.2, -0.15) is 0 Å². The minimum absolute atomic E-state index is 0.0942. The first-order chi connectivity index (χ1) is 8.81. The number of ether oxygens (including phenoxy) is 1. The van der Waals surface area contributed by atoms with Crippen molar-refractivity contribution >= 4 is 5.97 Å². The number of rotatable bonds is 8. The van der Waals surface area contributed by atoms with Gasteiger partial charge in [0, 0.05) is 18.9 Å². The van der Waals surface area contributed by atoms with Gasteiger partial charge in [0.05, 0.1) is 13.4 Å². The third kappa shape index (κ3) is 3.84. The highest BCUT2D eigenvalue weighted by atomic mass is 16.5. The van der Waals surface area contributed by atoms with Gasteiger partial charge in [-0.25, -0.2) is 4.98 Å². The van der Waals surface area contributed by atoms with E-state index in [1.165, 1.54) is 7.11 Å². The average Bonchev–Trinajstić information content (AvgIpc) is 3.09. The number of aromatic nitrogens is 2. The van der Waals surface area contributed by atoms with Gasteiger partial charge in [-0.3, -0.25) is 4.79 Å². The quantitative estimate of drug-likeness (QED) is 0.557. The van der Waals surface area contributed by atoms with Crippen molar-refractivity contribution in [1.29, 1.82) is 0 Å². The van der Waals surface area contributed by atoms with Gasteiger partial charge in [-0.05, 0) is 38.1 Å². The summed E-state index contributed by atoms with van der Waals surface area (Å²) in [6.45, 7) is 1.85. The highest BCUT2D eigenvalue weighted by molar-refractivity contribution is 5.76. The van der Waals surface area contributed by atoms with E-state index in [0.29, 0.717) is 5.92 Å². The fourth-order valence-electron chi connectivity index (χ4n) is 2.09. The number of unbranched alkanes of at least 4 members (excludes halogenated alkanes) is 1. The Morgan fingerprint density at radius 1 is 1.56 bits per heavy atom. The molecule has 1 aromatic heterocycles. The van der Waals surface area contributed by atoms with Crippen LogP contribution in [0.3, 0.4) is 0 Å². The molecule has 2 rings (SSSR count). The molecule has 1 aliphatic rings. The summed E-state index contributed by atoms with van der Waals surface area (Å²) in [7, 11) is 1.46. The molecule has 0 amide bonds. The van der Waals surface area contributed by atoms with E-state index in [9.17, 15) is 4.79 Å². The standard InChI is InChI=1S/C13H21N3O2/c1-18-13(17)12(11-4-5-11)15-6-2-3-8-16-9-7-14-10-16/h7,9-12,15H,2-6,8H2,1H3. The van der Waals surface area contributed by atoms with Gasteiger partial charge < -0.3 is 14.6 Å². The predicted molar refractivity (Wildman–Crippen MR) is 68.0 cm³/mol. The van der Waals surface area contributed by atoms with Gasteiger partial charge in [-0.15, -0.1) is 0 Å². The molecule has 1 saturated carbocycles. The van der Waals surface area contributed by atoms with E-state index in [4.69, 9.17) is 4.74 Å². The summed E-state index contributed by atoms with van der Waals surface area (Å²) < 4.78 is 6.88. The topological polar surface area (TPSA) is 56.1 Å². The molecule has 1 N–H and O–H groups in total. The molecule has 0 radical (unpaired) electrons. The van der Waals surface area contributed by atoms with Crippen molar-refractivity contribution in [1.82, 2.24) is 14.9 Å². The molecule has 1 aliphatic carbocycles. The number of nitrogens with one attached hydrogen (secondary N) is 1. The first kappa shape index (κ1) is 13.1. The molecule has 1 unspecified atom stereocenters. The van der Waals surface area contributed by atoms with Crippen LogP contribution in [0, 0.1) is 5.92 Å². The zero-order chi connectivity index (χ0) is 12.8. The Kier molecular flexibility index (Phi) is 4.75. The minimum Gasteiger partial charge on any atom is -0.468 e. The summed E-state index contributed by atoms with van der Waals surface area (Å²) in [4.78, 5) is 15.5. The smallest absolute Gasteiger partial charge is 0.323 e. The fraction of sp³-hybridized carbons (Fsp3) is 0.692. The number of imidazole rings is 1. The molecule has 0 spiro atoms. The molecule has 100 valence electrons. The van der Waals surface area contributed by atoms with Crippen LogP contribution in [-0.4, -0.2) is 35.2 Å². The van der Waals surface area contributed by atoms with Gasteiger partial charge >= 0.3 is 5.97 Å². The van der Waals surface area contributed by atoms with Crippen molar-refractivity contribution in [2.45, 2.75) is 38.3 Å². The van der Waals surface area contributed by atoms with Crippen LogP contribution in [0.4, 0.5) is 0 Å². The molecule has 5 nitrogen and oxygen atoms in total. The van der Waals surface area contributed by atoms with Crippen LogP contribution >= 0.6 is 0 Å². The maximum Gasteiger partial charge on any atom is 0.323 e. The molecule has 5 heteroatoms. The first-order valence-electron chi connectivity index (χ1n) is 6.58. The monoisotopic (exact) mass is 251 g/mol. The van der Waals surface area contributed by atoms with E-state index in [2.05, 4.69) is 14.9 Å². The van der Waals surface area contributed by atoms with Crippen LogP contribution < -0.4 is 5.32 Å². The number of carbonyl (C=O) groups excluding carboxylic acids is 1. The van der Waals surface area contributed by atoms with E-state index in [0.717, 1.165) is 38.8 Å². The van der Waals surface area contributed by atoms with Crippen molar-refractivity contribution in [2.24, 2.45) is 5.92 Å². The van der Waals surface area contributed by atoms with E-state index in [-0.39, 0.29) is 12.0 Å². The predicted octanol–water partition coefficient (Wildman–Crippen LogP) is 1.20. The Labute approximate surface area is 108 Å². The molecule has 1 atom stereocenters. The van der Waals surface area contributed by atoms with Gasteiger partial charge in [0.1, 0.15) is 6.04 Å². The summed E-state index contributed by atoms with van der Waals surface area (Å²) in [5, 5.41) is 3.31. The number of methoxy groups -OCH3 is 1. The lowest BCUT2D eigenvalue weighted by Gasteiger charge is -2.15. The van der Waals surface area contributed by atoms with Crippen molar-refractivity contribution in [3.63, 3.8) is 0 Å². The van der Waals surface area contributed by atoms with Crippen LogP contribution in [0.1, 0.15) is 25.7 Å². The summed E-state index contributed by atoms with van der Waals surface area (Å²) in [6, 6.07) is -0.0942. The Hall–Kier alpha value is -1.36. The Bertz CT molecular complexity index is 360. The molecule has 0 saturated heterocycles. The first-order valence-corrected chi connectivity index (χ1v) is 6.58. The van der Waals surface area contributed by atoms with Crippen molar-refractivity contribution < 1.29 is 9.53 Å². The van der Waals surface area contributed by atoms with E-state index >= 15 is 0 Å². The van der Waals surface area contributed by atoms with Crippen LogP contribution in [0.2, 0.25) is 0 Å². The minimum atomic E-state index is -0.118. The fourth-order valence-corrected chi connectivity index (χ4v) is 2.09. The highest BCUT2D eigenvalue weighted by Gasteiger charge is 2.36. The van der Waals surface area contributed by atoms with Crippen molar-refractivity contribution in [3.8, 4) is 0 Å². The van der Waals surface area contributed by atoms with E-state index < -0.39 is 0 Å². The summed E-state index contributed by atoms with van der Waals surface area (Å²) in [6.07, 6.45) is 10.0. The van der Waals surface area contributed by atoms with Gasteiger partial charge in [0.2, 0.25) is 0 Å². The molecule has 0 bridgehead atoms. The van der Waals surface area contributed by atoms with Crippen molar-refractivity contribution in [3.05, 3.63) is 18.7 Å². The Morgan fingerprint density at radius 3 is 3.00 bits per heavy atom. The zero-order valence-electron chi connectivity index (χ0n) is 10.8. The Balaban J connectivity index is 1.60. The van der Waals surface area contributed by atoms with Gasteiger partial charge in [-0.1, -0.05) is 0 Å². The SMILES string of the molecule is COC(=O)C(NCCCCn1ccnc1)C1CC1. The molecule has 0 aromatic carbocycles. The van der Waals surface area contributed by atoms with Crippen molar-refractivity contribution in [2.75, 3.05) is 13.7 Å². The second-order valence-corrected chi connectivity index (χ2v) is 4.80. The normalized spacial score (nSPS) is 16.5. The second-order valence-electron chi connectivity index (χ2n) is 4.80. The molecule has 1 heterocycles. The highest BCUT2D eigenvalue weighted by Crippen LogP contribution is 2.33. The van der Waals surface area contributed by atoms with Crippen LogP contribution in [-0.2, 0) is 16.1 Å². The van der Waals surface area contributed by atoms with Gasteiger partial charge in [0.25, 0.3) is 0 Å². The molecule has 18 heavy (non-hydrogen) atoms. The maximum absolute atomic E-state index is 11.5. The van der Waals surface area contributed by atoms with E-state index in [1.54, 1.807) is 6.20 Å².